The molecule has 0 N–H and O–H groups in total. The van der Waals surface area contributed by atoms with Gasteiger partial charge in [0.2, 0.25) is 0 Å². The number of hydrogen-bond acceptors (Lipinski definition) is 2. The molecule has 0 fully saturated rings. The van der Waals surface area contributed by atoms with Gasteiger partial charge < -0.3 is 4.74 Å². The predicted molar refractivity (Wildman–Crippen MR) is 91.1 cm³/mol. The molecule has 0 aliphatic carbocycles. The second kappa shape index (κ2) is 7.81. The van der Waals surface area contributed by atoms with Crippen LogP contribution in [0.5, 0.6) is 0 Å². The fourth-order valence-electron chi connectivity index (χ4n) is 2.39. The van der Waals surface area contributed by atoms with E-state index in [4.69, 9.17) is 16.3 Å². The van der Waals surface area contributed by atoms with Crippen molar-refractivity contribution in [2.45, 2.75) is 12.8 Å². The minimum absolute atomic E-state index is 0.236. The van der Waals surface area contributed by atoms with Gasteiger partial charge in [0.15, 0.2) is 0 Å². The minimum Gasteiger partial charge on any atom is -0.469 e. The molecule has 0 spiro atoms. The van der Waals surface area contributed by atoms with Gasteiger partial charge in [-0.15, -0.1) is 11.6 Å². The lowest BCUT2D eigenvalue weighted by molar-refractivity contribution is -0.141. The van der Waals surface area contributed by atoms with E-state index in [2.05, 4.69) is 12.1 Å². The van der Waals surface area contributed by atoms with Crippen LogP contribution in [0.3, 0.4) is 0 Å². The number of allylic oxidation sites excluding steroid dienone is 1. The number of hydrogen-bond donors (Lipinski definition) is 0. The van der Waals surface area contributed by atoms with E-state index in [1.54, 1.807) is 0 Å². The van der Waals surface area contributed by atoms with Crippen molar-refractivity contribution in [3.05, 3.63) is 77.4 Å². The van der Waals surface area contributed by atoms with Crippen LogP contribution >= 0.6 is 11.6 Å². The smallest absolute Gasteiger partial charge is 0.312 e. The van der Waals surface area contributed by atoms with Gasteiger partial charge in [-0.25, -0.2) is 0 Å². The molecule has 2 aromatic rings. The van der Waals surface area contributed by atoms with Crippen LogP contribution in [-0.4, -0.2) is 19.0 Å². The molecule has 0 aromatic heterocycles. The Morgan fingerprint density at radius 1 is 1.14 bits per heavy atom. The highest BCUT2D eigenvalue weighted by Gasteiger charge is 2.16. The summed E-state index contributed by atoms with van der Waals surface area (Å²) in [6, 6.07) is 18.0. The third-order valence-electron chi connectivity index (χ3n) is 3.62. The number of methoxy groups -OCH3 is 1. The molecular formula is C19H19ClO2. The van der Waals surface area contributed by atoms with Gasteiger partial charge in [0.1, 0.15) is 0 Å². The van der Waals surface area contributed by atoms with Crippen molar-refractivity contribution in [3.63, 3.8) is 0 Å². The van der Waals surface area contributed by atoms with Crippen molar-refractivity contribution in [2.24, 2.45) is 0 Å². The van der Waals surface area contributed by atoms with Crippen LogP contribution in [0.25, 0.3) is 5.57 Å². The van der Waals surface area contributed by atoms with Crippen molar-refractivity contribution in [1.82, 2.24) is 0 Å². The fraction of sp³-hybridized carbons (Fsp3) is 0.211. The van der Waals surface area contributed by atoms with Gasteiger partial charge >= 0.3 is 5.97 Å². The van der Waals surface area contributed by atoms with Crippen LogP contribution in [0, 0.1) is 0 Å². The molecule has 0 heterocycles. The molecule has 0 bridgehead atoms. The van der Waals surface area contributed by atoms with E-state index < -0.39 is 0 Å². The van der Waals surface area contributed by atoms with Crippen molar-refractivity contribution in [3.8, 4) is 0 Å². The molecule has 114 valence electrons. The van der Waals surface area contributed by atoms with Gasteiger partial charge in [0.25, 0.3) is 0 Å². The number of carbonyl (C=O) groups is 1. The van der Waals surface area contributed by atoms with E-state index in [9.17, 15) is 4.79 Å². The standard InChI is InChI=1S/C19H19ClO2/c1-14(19(21)22-2)16-9-6-10-17(13-16)18(11-12-20)15-7-4-3-5-8-15/h3-11,13-14H,12H2,1-2H3. The van der Waals surface area contributed by atoms with E-state index in [1.165, 1.54) is 7.11 Å². The summed E-state index contributed by atoms with van der Waals surface area (Å²) in [7, 11) is 1.41. The third kappa shape index (κ3) is 3.77. The quantitative estimate of drug-likeness (QED) is 0.594. The molecule has 0 saturated carbocycles. The summed E-state index contributed by atoms with van der Waals surface area (Å²) in [4.78, 5) is 11.7. The number of esters is 1. The minimum atomic E-state index is -0.294. The van der Waals surface area contributed by atoms with E-state index in [0.29, 0.717) is 5.88 Å². The molecule has 0 radical (unpaired) electrons. The summed E-state index contributed by atoms with van der Waals surface area (Å²) in [6.07, 6.45) is 1.98. The molecule has 1 unspecified atom stereocenters. The first-order chi connectivity index (χ1) is 10.7. The zero-order chi connectivity index (χ0) is 15.9. The highest BCUT2D eigenvalue weighted by Crippen LogP contribution is 2.27. The van der Waals surface area contributed by atoms with Crippen molar-refractivity contribution < 1.29 is 9.53 Å². The van der Waals surface area contributed by atoms with Crippen molar-refractivity contribution >= 4 is 23.1 Å². The number of ether oxygens (including phenoxy) is 1. The van der Waals surface area contributed by atoms with Crippen LogP contribution in [-0.2, 0) is 9.53 Å². The average molecular weight is 315 g/mol. The maximum absolute atomic E-state index is 11.7. The summed E-state index contributed by atoms with van der Waals surface area (Å²) in [5.41, 5.74) is 4.14. The van der Waals surface area contributed by atoms with Gasteiger partial charge in [-0.05, 0) is 29.2 Å². The molecule has 0 aliphatic heterocycles. The highest BCUT2D eigenvalue weighted by molar-refractivity contribution is 6.19. The molecule has 0 saturated heterocycles. The second-order valence-corrected chi connectivity index (χ2v) is 5.32. The highest BCUT2D eigenvalue weighted by atomic mass is 35.5. The largest absolute Gasteiger partial charge is 0.469 e. The molecule has 1 atom stereocenters. The number of benzene rings is 2. The molecule has 0 amide bonds. The van der Waals surface area contributed by atoms with Gasteiger partial charge in [-0.2, -0.15) is 0 Å². The Morgan fingerprint density at radius 3 is 2.45 bits per heavy atom. The lowest BCUT2D eigenvalue weighted by atomic mass is 9.93. The molecule has 2 rings (SSSR count). The third-order valence-corrected chi connectivity index (χ3v) is 3.77. The van der Waals surface area contributed by atoms with Crippen LogP contribution in [0.4, 0.5) is 0 Å². The predicted octanol–water partition coefficient (Wildman–Crippen LogP) is 4.63. The van der Waals surface area contributed by atoms with Gasteiger partial charge in [-0.1, -0.05) is 60.7 Å². The van der Waals surface area contributed by atoms with E-state index >= 15 is 0 Å². The normalized spacial score (nSPS) is 12.8. The first-order valence-corrected chi connectivity index (χ1v) is 7.70. The topological polar surface area (TPSA) is 26.3 Å². The van der Waals surface area contributed by atoms with Crippen LogP contribution in [0.2, 0.25) is 0 Å². The molecular weight excluding hydrogens is 296 g/mol. The van der Waals surface area contributed by atoms with E-state index in [1.807, 2.05) is 55.5 Å². The summed E-state index contributed by atoms with van der Waals surface area (Å²) >= 11 is 5.92. The average Bonchev–Trinajstić information content (AvgIpc) is 2.59. The van der Waals surface area contributed by atoms with Crippen LogP contribution in [0.1, 0.15) is 29.5 Å². The number of rotatable bonds is 5. The first-order valence-electron chi connectivity index (χ1n) is 7.17. The van der Waals surface area contributed by atoms with Crippen LogP contribution < -0.4 is 0 Å². The monoisotopic (exact) mass is 314 g/mol. The zero-order valence-electron chi connectivity index (χ0n) is 12.8. The summed E-state index contributed by atoms with van der Waals surface area (Å²) in [5.74, 6) is -0.0983. The Kier molecular flexibility index (Phi) is 5.79. The van der Waals surface area contributed by atoms with E-state index in [-0.39, 0.29) is 11.9 Å². The Morgan fingerprint density at radius 2 is 1.82 bits per heavy atom. The van der Waals surface area contributed by atoms with Crippen LogP contribution in [0.15, 0.2) is 60.7 Å². The molecule has 22 heavy (non-hydrogen) atoms. The lowest BCUT2D eigenvalue weighted by Gasteiger charge is -2.13. The van der Waals surface area contributed by atoms with Crippen molar-refractivity contribution in [1.29, 1.82) is 0 Å². The van der Waals surface area contributed by atoms with Gasteiger partial charge in [0.05, 0.1) is 13.0 Å². The SMILES string of the molecule is COC(=O)C(C)c1cccc(C(=CCCl)c2ccccc2)c1. The first kappa shape index (κ1) is 16.3. The van der Waals surface area contributed by atoms with Gasteiger partial charge in [0, 0.05) is 5.88 Å². The maximum atomic E-state index is 11.7. The van der Waals surface area contributed by atoms with Crippen molar-refractivity contribution in [2.75, 3.05) is 13.0 Å². The van der Waals surface area contributed by atoms with E-state index in [0.717, 1.165) is 22.3 Å². The zero-order valence-corrected chi connectivity index (χ0v) is 13.5. The molecule has 0 aliphatic rings. The Hall–Kier alpha value is -2.06. The number of alkyl halides is 1. The number of carbonyl (C=O) groups excluding carboxylic acids is 1. The summed E-state index contributed by atoms with van der Waals surface area (Å²) in [5, 5.41) is 0. The molecule has 2 aromatic carbocycles. The Balaban J connectivity index is 2.42. The molecule has 2 nitrogen and oxygen atoms in total. The fourth-order valence-corrected chi connectivity index (χ4v) is 2.54. The maximum Gasteiger partial charge on any atom is 0.312 e. The summed E-state index contributed by atoms with van der Waals surface area (Å²) in [6.45, 7) is 1.85. The van der Waals surface area contributed by atoms with Gasteiger partial charge in [-0.3, -0.25) is 4.79 Å². The molecule has 3 heteroatoms. The summed E-state index contributed by atoms with van der Waals surface area (Å²) < 4.78 is 4.82. The lowest BCUT2D eigenvalue weighted by Crippen LogP contribution is -2.10. The Bertz CT molecular complexity index is 662. The number of halogens is 1. The second-order valence-electron chi connectivity index (χ2n) is 5.01. The Labute approximate surface area is 136 Å².